The molecule has 0 N–H and O–H groups in total. The fraction of sp³-hybridized carbons (Fsp3) is 0.391. The summed E-state index contributed by atoms with van der Waals surface area (Å²) in [4.78, 5) is 0. The lowest BCUT2D eigenvalue weighted by Gasteiger charge is -2.38. The molecule has 0 aliphatic carbocycles. The van der Waals surface area contributed by atoms with Gasteiger partial charge in [0, 0.05) is 0 Å². The van der Waals surface area contributed by atoms with Crippen molar-refractivity contribution in [2.75, 3.05) is 0 Å². The summed E-state index contributed by atoms with van der Waals surface area (Å²) in [5.74, 6) is 1.03. The maximum Gasteiger partial charge on any atom is 0.250 e. The second kappa shape index (κ2) is 6.24. The molecule has 1 atom stereocenters. The van der Waals surface area contributed by atoms with Crippen molar-refractivity contribution < 1.29 is 4.43 Å². The van der Waals surface area contributed by atoms with Crippen LogP contribution >= 0.6 is 0 Å². The molecule has 0 fully saturated rings. The number of hydrogen-bond donors (Lipinski definition) is 0. The first-order valence-electron chi connectivity index (χ1n) is 9.54. The molecule has 0 bridgehead atoms. The zero-order valence-corrected chi connectivity index (χ0v) is 19.4. The van der Waals surface area contributed by atoms with Crippen LogP contribution in [0.1, 0.15) is 37.5 Å². The smallest absolute Gasteiger partial charge is 0.250 e. The van der Waals surface area contributed by atoms with Gasteiger partial charge in [-0.25, -0.2) is 0 Å². The van der Waals surface area contributed by atoms with E-state index in [0.717, 1.165) is 12.2 Å². The van der Waals surface area contributed by atoms with Crippen LogP contribution in [0, 0.1) is 6.92 Å². The Morgan fingerprint density at radius 2 is 1.62 bits per heavy atom. The average Bonchev–Trinajstić information content (AvgIpc) is 2.55. The third-order valence-corrected chi connectivity index (χ3v) is 14.8. The molecule has 1 heterocycles. The van der Waals surface area contributed by atoms with Gasteiger partial charge in [-0.1, -0.05) is 62.8 Å². The zero-order valence-electron chi connectivity index (χ0n) is 17.4. The van der Waals surface area contributed by atoms with Crippen LogP contribution in [0.15, 0.2) is 48.7 Å². The molecule has 0 spiro atoms. The SMILES string of the molecule is C=C[Si]1(C)c2cc(C)ccc2Cc2ccc(O[Si](C)(C)C(C)(C)C)cc21. The molecule has 138 valence electrons. The molecule has 1 aliphatic rings. The molecule has 1 unspecified atom stereocenters. The zero-order chi connectivity index (χ0) is 19.3. The van der Waals surface area contributed by atoms with Gasteiger partial charge in [0.25, 0.3) is 0 Å². The van der Waals surface area contributed by atoms with Crippen LogP contribution in [-0.4, -0.2) is 16.4 Å². The lowest BCUT2D eigenvalue weighted by Crippen LogP contribution is -2.59. The summed E-state index contributed by atoms with van der Waals surface area (Å²) in [6.45, 7) is 20.4. The van der Waals surface area contributed by atoms with Crippen molar-refractivity contribution in [1.29, 1.82) is 0 Å². The lowest BCUT2D eigenvalue weighted by molar-refractivity contribution is 0.492. The van der Waals surface area contributed by atoms with Gasteiger partial charge in [0.2, 0.25) is 8.32 Å². The molecule has 3 heteroatoms. The minimum Gasteiger partial charge on any atom is -0.544 e. The summed E-state index contributed by atoms with van der Waals surface area (Å²) in [6, 6.07) is 13.7. The fourth-order valence-electron chi connectivity index (χ4n) is 3.60. The first kappa shape index (κ1) is 19.2. The molecule has 0 amide bonds. The van der Waals surface area contributed by atoms with Crippen molar-refractivity contribution in [3.05, 3.63) is 65.4 Å². The highest BCUT2D eigenvalue weighted by molar-refractivity contribution is 7.05. The predicted octanol–water partition coefficient (Wildman–Crippen LogP) is 5.20. The molecule has 26 heavy (non-hydrogen) atoms. The standard InChI is InChI=1S/C23H32OSi2/c1-9-26(8)21-14-17(2)10-11-18(21)15-19-12-13-20(16-22(19)26)24-25(6,7)23(3,4)5/h9-14,16H,1,15H2,2-8H3. The molecular weight excluding hydrogens is 348 g/mol. The van der Waals surface area contributed by atoms with Gasteiger partial charge in [0.1, 0.15) is 13.8 Å². The summed E-state index contributed by atoms with van der Waals surface area (Å²) >= 11 is 0. The van der Waals surface area contributed by atoms with Gasteiger partial charge >= 0.3 is 0 Å². The van der Waals surface area contributed by atoms with Crippen LogP contribution in [0.5, 0.6) is 5.75 Å². The van der Waals surface area contributed by atoms with Gasteiger partial charge < -0.3 is 4.43 Å². The highest BCUT2D eigenvalue weighted by Crippen LogP contribution is 2.37. The molecule has 0 saturated heterocycles. The highest BCUT2D eigenvalue weighted by atomic mass is 28.4. The van der Waals surface area contributed by atoms with E-state index in [1.165, 1.54) is 27.1 Å². The Balaban J connectivity index is 2.09. The van der Waals surface area contributed by atoms with E-state index in [2.05, 4.69) is 96.0 Å². The molecule has 0 radical (unpaired) electrons. The summed E-state index contributed by atoms with van der Waals surface area (Å²) in [5.41, 5.74) is 6.48. The van der Waals surface area contributed by atoms with Gasteiger partial charge in [0.15, 0.2) is 0 Å². The molecular formula is C23H32OSi2. The van der Waals surface area contributed by atoms with Crippen molar-refractivity contribution in [1.82, 2.24) is 0 Å². The minimum absolute atomic E-state index is 0.200. The van der Waals surface area contributed by atoms with Gasteiger partial charge in [-0.2, -0.15) is 0 Å². The number of benzene rings is 2. The molecule has 3 rings (SSSR count). The first-order chi connectivity index (χ1) is 12.0. The average molecular weight is 381 g/mol. The van der Waals surface area contributed by atoms with E-state index < -0.39 is 16.4 Å². The second-order valence-corrected chi connectivity index (χ2v) is 18.0. The van der Waals surface area contributed by atoms with E-state index in [1.54, 1.807) is 0 Å². The molecule has 0 aromatic heterocycles. The van der Waals surface area contributed by atoms with E-state index in [-0.39, 0.29) is 5.04 Å². The van der Waals surface area contributed by atoms with E-state index in [4.69, 9.17) is 4.43 Å². The van der Waals surface area contributed by atoms with Gasteiger partial charge in [-0.05, 0) is 65.1 Å². The molecule has 2 aromatic rings. The summed E-state index contributed by atoms with van der Waals surface area (Å²) < 4.78 is 6.61. The quantitative estimate of drug-likeness (QED) is 0.665. The third-order valence-electron chi connectivity index (χ3n) is 6.43. The maximum atomic E-state index is 6.61. The number of rotatable bonds is 3. The molecule has 2 aromatic carbocycles. The summed E-state index contributed by atoms with van der Waals surface area (Å²) in [6.07, 6.45) is 1.02. The van der Waals surface area contributed by atoms with Crippen LogP contribution in [0.25, 0.3) is 0 Å². The minimum atomic E-state index is -1.94. The van der Waals surface area contributed by atoms with E-state index in [1.807, 2.05) is 0 Å². The Morgan fingerprint density at radius 3 is 2.19 bits per heavy atom. The number of hydrogen-bond acceptors (Lipinski definition) is 1. The predicted molar refractivity (Wildman–Crippen MR) is 119 cm³/mol. The lowest BCUT2D eigenvalue weighted by atomic mass is 10.0. The van der Waals surface area contributed by atoms with E-state index in [9.17, 15) is 0 Å². The normalized spacial score (nSPS) is 19.5. The first-order valence-corrected chi connectivity index (χ1v) is 15.0. The highest BCUT2D eigenvalue weighted by Gasteiger charge is 2.40. The van der Waals surface area contributed by atoms with Gasteiger partial charge in [-0.3, -0.25) is 0 Å². The largest absolute Gasteiger partial charge is 0.544 e. The second-order valence-electron chi connectivity index (χ2n) is 9.43. The molecule has 1 nitrogen and oxygen atoms in total. The summed E-state index contributed by atoms with van der Waals surface area (Å²) in [7, 11) is -3.78. The van der Waals surface area contributed by atoms with Crippen molar-refractivity contribution in [2.45, 2.75) is 58.8 Å². The fourth-order valence-corrected chi connectivity index (χ4v) is 8.00. The van der Waals surface area contributed by atoms with Gasteiger partial charge in [-0.15, -0.1) is 6.58 Å². The third kappa shape index (κ3) is 3.12. The Labute approximate surface area is 161 Å². The summed E-state index contributed by atoms with van der Waals surface area (Å²) in [5, 5.41) is 3.19. The van der Waals surface area contributed by atoms with Crippen molar-refractivity contribution in [3.8, 4) is 5.75 Å². The Hall–Kier alpha value is -1.59. The van der Waals surface area contributed by atoms with Crippen LogP contribution in [0.4, 0.5) is 0 Å². The van der Waals surface area contributed by atoms with E-state index >= 15 is 0 Å². The van der Waals surface area contributed by atoms with Crippen LogP contribution in [0.3, 0.4) is 0 Å². The monoisotopic (exact) mass is 380 g/mol. The van der Waals surface area contributed by atoms with Crippen LogP contribution in [0.2, 0.25) is 24.7 Å². The van der Waals surface area contributed by atoms with Crippen molar-refractivity contribution >= 4 is 26.8 Å². The molecule has 1 aliphatic heterocycles. The maximum absolute atomic E-state index is 6.61. The topological polar surface area (TPSA) is 9.23 Å². The number of fused-ring (bicyclic) bond motifs is 2. The Kier molecular flexibility index (Phi) is 4.60. The molecule has 0 saturated carbocycles. The Bertz CT molecular complexity index is 861. The van der Waals surface area contributed by atoms with Gasteiger partial charge in [0.05, 0.1) is 0 Å². The van der Waals surface area contributed by atoms with Crippen molar-refractivity contribution in [3.63, 3.8) is 0 Å². The van der Waals surface area contributed by atoms with E-state index in [0.29, 0.717) is 0 Å². The Morgan fingerprint density at radius 1 is 1.04 bits per heavy atom. The van der Waals surface area contributed by atoms with Crippen LogP contribution in [-0.2, 0) is 6.42 Å². The van der Waals surface area contributed by atoms with Crippen LogP contribution < -0.4 is 14.8 Å². The van der Waals surface area contributed by atoms with Crippen molar-refractivity contribution in [2.24, 2.45) is 0 Å². The number of aryl methyl sites for hydroxylation is 1.